The third-order valence-electron chi connectivity index (χ3n) is 6.07. The largest absolute Gasteiger partial charge is 0.507 e. The Kier molecular flexibility index (Phi) is 6.61. The first-order valence-corrected chi connectivity index (χ1v) is 11.3. The highest BCUT2D eigenvalue weighted by Crippen LogP contribution is 2.42. The van der Waals surface area contributed by atoms with Gasteiger partial charge in [0.2, 0.25) is 5.91 Å². The van der Waals surface area contributed by atoms with E-state index in [1.54, 1.807) is 43.3 Å². The second-order valence-corrected chi connectivity index (χ2v) is 8.85. The molecule has 2 amide bonds. The molecule has 0 aliphatic carbocycles. The molecule has 3 aromatic rings. The number of carbonyl (C=O) groups excluding carboxylic acids is 3. The van der Waals surface area contributed by atoms with Crippen LogP contribution in [-0.2, 0) is 14.4 Å². The highest BCUT2D eigenvalue weighted by molar-refractivity contribution is 6.51. The fourth-order valence-corrected chi connectivity index (χ4v) is 4.23. The molecule has 4 rings (SSSR count). The zero-order valence-electron chi connectivity index (χ0n) is 20.4. The van der Waals surface area contributed by atoms with Crippen LogP contribution in [-0.4, -0.2) is 36.8 Å². The topological polar surface area (TPSA) is 90.0 Å². The molecule has 1 unspecified atom stereocenters. The lowest BCUT2D eigenvalue weighted by Gasteiger charge is -2.26. The molecule has 1 atom stereocenters. The van der Waals surface area contributed by atoms with Gasteiger partial charge in [-0.2, -0.15) is 0 Å². The van der Waals surface area contributed by atoms with Gasteiger partial charge in [-0.3, -0.25) is 19.3 Å². The Morgan fingerprint density at radius 2 is 1.64 bits per heavy atom. The summed E-state index contributed by atoms with van der Waals surface area (Å²) in [5.41, 5.74) is 2.94. The van der Waals surface area contributed by atoms with Crippen molar-refractivity contribution in [1.82, 2.24) is 0 Å². The Balaban J connectivity index is 1.88. The lowest BCUT2D eigenvalue weighted by atomic mass is 9.94. The fraction of sp³-hybridized carbons (Fsp3) is 0.179. The van der Waals surface area contributed by atoms with Crippen molar-refractivity contribution in [3.8, 4) is 0 Å². The van der Waals surface area contributed by atoms with E-state index >= 15 is 0 Å². The summed E-state index contributed by atoms with van der Waals surface area (Å²) in [4.78, 5) is 41.2. The quantitative estimate of drug-likeness (QED) is 0.307. The van der Waals surface area contributed by atoms with E-state index in [1.165, 1.54) is 30.0 Å². The van der Waals surface area contributed by atoms with Crippen molar-refractivity contribution in [2.24, 2.45) is 0 Å². The number of nitrogens with zero attached hydrogens (tertiary/aromatic N) is 2. The molecule has 0 saturated carbocycles. The number of carbonyl (C=O) groups is 3. The Bertz CT molecular complexity index is 1380. The summed E-state index contributed by atoms with van der Waals surface area (Å²) in [5.74, 6) is -2.71. The van der Waals surface area contributed by atoms with Gasteiger partial charge in [-0.05, 0) is 72.6 Å². The van der Waals surface area contributed by atoms with Gasteiger partial charge in [0, 0.05) is 43.6 Å². The maximum atomic E-state index is 13.9. The first-order valence-electron chi connectivity index (χ1n) is 11.3. The summed E-state index contributed by atoms with van der Waals surface area (Å²) in [6.45, 7) is 2.94. The van der Waals surface area contributed by atoms with Crippen LogP contribution < -0.4 is 15.1 Å². The first-order chi connectivity index (χ1) is 17.1. The Labute approximate surface area is 208 Å². The van der Waals surface area contributed by atoms with Crippen LogP contribution in [0.25, 0.3) is 5.76 Å². The van der Waals surface area contributed by atoms with E-state index in [4.69, 9.17) is 0 Å². The van der Waals surface area contributed by atoms with Crippen LogP contribution in [0, 0.1) is 12.7 Å². The van der Waals surface area contributed by atoms with E-state index in [2.05, 4.69) is 5.32 Å². The van der Waals surface area contributed by atoms with Gasteiger partial charge in [-0.15, -0.1) is 0 Å². The van der Waals surface area contributed by atoms with Crippen LogP contribution in [0.4, 0.5) is 21.5 Å². The average Bonchev–Trinajstić information content (AvgIpc) is 3.11. The summed E-state index contributed by atoms with van der Waals surface area (Å²) >= 11 is 0. The number of halogens is 1. The number of hydrogen-bond acceptors (Lipinski definition) is 5. The van der Waals surface area contributed by atoms with Gasteiger partial charge >= 0.3 is 0 Å². The highest BCUT2D eigenvalue weighted by atomic mass is 19.1. The zero-order valence-corrected chi connectivity index (χ0v) is 20.4. The van der Waals surface area contributed by atoms with E-state index in [1.807, 2.05) is 31.1 Å². The molecule has 8 heteroatoms. The average molecular weight is 488 g/mol. The number of hydrogen-bond donors (Lipinski definition) is 2. The number of aliphatic hydroxyl groups is 1. The minimum Gasteiger partial charge on any atom is -0.507 e. The van der Waals surface area contributed by atoms with Gasteiger partial charge in [0.25, 0.3) is 11.7 Å². The summed E-state index contributed by atoms with van der Waals surface area (Å²) in [7, 11) is 3.79. The molecule has 1 heterocycles. The second-order valence-electron chi connectivity index (χ2n) is 8.85. The van der Waals surface area contributed by atoms with E-state index in [9.17, 15) is 23.9 Å². The maximum Gasteiger partial charge on any atom is 0.300 e. The molecule has 0 spiro atoms. The zero-order chi connectivity index (χ0) is 26.1. The first kappa shape index (κ1) is 24.7. The van der Waals surface area contributed by atoms with Crippen molar-refractivity contribution in [2.45, 2.75) is 19.9 Å². The predicted molar refractivity (Wildman–Crippen MR) is 137 cm³/mol. The third-order valence-corrected chi connectivity index (χ3v) is 6.07. The lowest BCUT2D eigenvalue weighted by Crippen LogP contribution is -2.29. The minimum atomic E-state index is -0.918. The van der Waals surface area contributed by atoms with Gasteiger partial charge in [-0.1, -0.05) is 12.1 Å². The van der Waals surface area contributed by atoms with Crippen molar-refractivity contribution in [3.63, 3.8) is 0 Å². The molecular formula is C28H26FN3O4. The third kappa shape index (κ3) is 4.57. The molecule has 3 aromatic carbocycles. The van der Waals surface area contributed by atoms with E-state index in [0.717, 1.165) is 5.69 Å². The maximum absolute atomic E-state index is 13.9. The molecule has 0 bridgehead atoms. The number of aryl methyl sites for hydroxylation is 1. The van der Waals surface area contributed by atoms with Gasteiger partial charge in [-0.25, -0.2) is 4.39 Å². The van der Waals surface area contributed by atoms with Crippen LogP contribution >= 0.6 is 0 Å². The van der Waals surface area contributed by atoms with Crippen molar-refractivity contribution in [2.75, 3.05) is 29.2 Å². The van der Waals surface area contributed by atoms with Crippen LogP contribution in [0.2, 0.25) is 0 Å². The second kappa shape index (κ2) is 9.65. The highest BCUT2D eigenvalue weighted by Gasteiger charge is 2.47. The van der Waals surface area contributed by atoms with Crippen LogP contribution in [0.15, 0.2) is 72.3 Å². The molecule has 2 N–H and O–H groups in total. The molecule has 1 fully saturated rings. The number of aliphatic hydroxyl groups excluding tert-OH is 1. The van der Waals surface area contributed by atoms with E-state index < -0.39 is 23.5 Å². The Morgan fingerprint density at radius 3 is 2.19 bits per heavy atom. The normalized spacial score (nSPS) is 16.8. The lowest BCUT2D eigenvalue weighted by molar-refractivity contribution is -0.132. The SMILES string of the molecule is CC(=O)Nc1ccc(N2C(=O)C(=O)/C(=C(\O)c3ccc(F)c(C)c3)C2c2ccc(N(C)C)cc2)cc1. The van der Waals surface area contributed by atoms with Gasteiger partial charge in [0.05, 0.1) is 11.6 Å². The monoisotopic (exact) mass is 487 g/mol. The van der Waals surface area contributed by atoms with Crippen molar-refractivity contribution in [3.05, 3.63) is 94.8 Å². The molecule has 184 valence electrons. The van der Waals surface area contributed by atoms with E-state index in [-0.39, 0.29) is 22.8 Å². The number of benzene rings is 3. The molecule has 0 aromatic heterocycles. The van der Waals surface area contributed by atoms with Crippen LogP contribution in [0.5, 0.6) is 0 Å². The van der Waals surface area contributed by atoms with Gasteiger partial charge in [0.15, 0.2) is 0 Å². The number of rotatable bonds is 5. The minimum absolute atomic E-state index is 0.0884. The molecule has 0 radical (unpaired) electrons. The number of nitrogens with one attached hydrogen (secondary N) is 1. The van der Waals surface area contributed by atoms with Gasteiger partial charge < -0.3 is 15.3 Å². The summed E-state index contributed by atoms with van der Waals surface area (Å²) in [6, 6.07) is 16.9. The molecule has 1 aliphatic rings. The van der Waals surface area contributed by atoms with Crippen molar-refractivity contribution >= 4 is 40.4 Å². The number of Topliss-reactive ketones (excluding diaryl/α,β-unsaturated/α-hetero) is 1. The van der Waals surface area contributed by atoms with Crippen molar-refractivity contribution < 1.29 is 23.9 Å². The Hall–Kier alpha value is -4.46. The Morgan fingerprint density at radius 1 is 1.00 bits per heavy atom. The van der Waals surface area contributed by atoms with Crippen LogP contribution in [0.1, 0.15) is 29.7 Å². The molecule has 1 saturated heterocycles. The predicted octanol–water partition coefficient (Wildman–Crippen LogP) is 4.78. The molecule has 7 nitrogen and oxygen atoms in total. The van der Waals surface area contributed by atoms with Crippen molar-refractivity contribution in [1.29, 1.82) is 0 Å². The van der Waals surface area contributed by atoms with Gasteiger partial charge in [0.1, 0.15) is 11.6 Å². The number of anilines is 3. The summed E-state index contributed by atoms with van der Waals surface area (Å²) in [6.07, 6.45) is 0. The standard InChI is InChI=1S/C28H26FN3O4/c1-16-15-19(7-14-23(16)29)26(34)24-25(18-5-10-21(11-6-18)31(3)4)32(28(36)27(24)35)22-12-8-20(9-13-22)30-17(2)33/h5-15,25,34H,1-4H3,(H,30,33)/b26-24-. The van der Waals surface area contributed by atoms with E-state index in [0.29, 0.717) is 22.5 Å². The molecular weight excluding hydrogens is 461 g/mol. The summed E-state index contributed by atoms with van der Waals surface area (Å²) < 4.78 is 13.9. The fourth-order valence-electron chi connectivity index (χ4n) is 4.23. The summed E-state index contributed by atoms with van der Waals surface area (Å²) in [5, 5.41) is 13.9. The smallest absolute Gasteiger partial charge is 0.300 e. The van der Waals surface area contributed by atoms with Crippen LogP contribution in [0.3, 0.4) is 0 Å². The molecule has 36 heavy (non-hydrogen) atoms. The number of ketones is 1. The number of amides is 2. The molecule has 1 aliphatic heterocycles.